The Morgan fingerprint density at radius 3 is 2.45 bits per heavy atom. The zero-order valence-electron chi connectivity index (χ0n) is 12.3. The average molecular weight is 290 g/mol. The standard InChI is InChI=1S/C17H20ClNO/c1-11-5-6-12(2)14(9-11)17(3,19)13-7-8-15(18)16(10-13)20-4/h5-10H,19H2,1-4H3. The second kappa shape index (κ2) is 5.47. The van der Waals surface area contributed by atoms with E-state index in [-0.39, 0.29) is 0 Å². The Morgan fingerprint density at radius 2 is 1.80 bits per heavy atom. The van der Waals surface area contributed by atoms with E-state index in [2.05, 4.69) is 32.0 Å². The van der Waals surface area contributed by atoms with Crippen LogP contribution in [0.3, 0.4) is 0 Å². The van der Waals surface area contributed by atoms with Crippen molar-refractivity contribution in [3.63, 3.8) is 0 Å². The topological polar surface area (TPSA) is 35.2 Å². The summed E-state index contributed by atoms with van der Waals surface area (Å²) in [5, 5.41) is 0.591. The summed E-state index contributed by atoms with van der Waals surface area (Å²) >= 11 is 6.08. The molecule has 0 aromatic heterocycles. The molecule has 0 fully saturated rings. The number of hydrogen-bond donors (Lipinski definition) is 1. The maximum atomic E-state index is 6.60. The van der Waals surface area contributed by atoms with Crippen LogP contribution in [0.1, 0.15) is 29.2 Å². The van der Waals surface area contributed by atoms with Crippen LogP contribution < -0.4 is 10.5 Å². The van der Waals surface area contributed by atoms with Crippen molar-refractivity contribution in [2.24, 2.45) is 5.73 Å². The summed E-state index contributed by atoms with van der Waals surface area (Å²) in [4.78, 5) is 0. The third-order valence-corrected chi connectivity index (χ3v) is 4.02. The first-order chi connectivity index (χ1) is 9.36. The van der Waals surface area contributed by atoms with Crippen LogP contribution in [0.4, 0.5) is 0 Å². The molecule has 2 aromatic rings. The van der Waals surface area contributed by atoms with Crippen LogP contribution in [0.5, 0.6) is 5.75 Å². The molecule has 2 aromatic carbocycles. The lowest BCUT2D eigenvalue weighted by atomic mass is 9.82. The van der Waals surface area contributed by atoms with E-state index in [4.69, 9.17) is 22.1 Å². The van der Waals surface area contributed by atoms with Gasteiger partial charge in [-0.05, 0) is 49.6 Å². The molecule has 1 atom stereocenters. The van der Waals surface area contributed by atoms with E-state index in [1.807, 2.05) is 25.1 Å². The van der Waals surface area contributed by atoms with Gasteiger partial charge >= 0.3 is 0 Å². The van der Waals surface area contributed by atoms with Gasteiger partial charge in [0.25, 0.3) is 0 Å². The summed E-state index contributed by atoms with van der Waals surface area (Å²) in [5.74, 6) is 0.645. The van der Waals surface area contributed by atoms with Crippen LogP contribution in [0.25, 0.3) is 0 Å². The van der Waals surface area contributed by atoms with Gasteiger partial charge in [-0.15, -0.1) is 0 Å². The van der Waals surface area contributed by atoms with E-state index < -0.39 is 5.54 Å². The molecule has 0 aliphatic carbocycles. The third kappa shape index (κ3) is 2.67. The van der Waals surface area contributed by atoms with Crippen molar-refractivity contribution in [3.05, 3.63) is 63.7 Å². The zero-order chi connectivity index (χ0) is 14.9. The van der Waals surface area contributed by atoms with Crippen molar-refractivity contribution >= 4 is 11.6 Å². The first kappa shape index (κ1) is 14.9. The van der Waals surface area contributed by atoms with Crippen LogP contribution in [-0.4, -0.2) is 7.11 Å². The fraction of sp³-hybridized carbons (Fsp3) is 0.294. The van der Waals surface area contributed by atoms with Crippen molar-refractivity contribution in [3.8, 4) is 5.75 Å². The first-order valence-corrected chi connectivity index (χ1v) is 6.94. The van der Waals surface area contributed by atoms with Gasteiger partial charge in [0, 0.05) is 0 Å². The number of nitrogens with two attached hydrogens (primary N) is 1. The number of ether oxygens (including phenoxy) is 1. The minimum absolute atomic E-state index is 0.589. The molecule has 3 heteroatoms. The third-order valence-electron chi connectivity index (χ3n) is 3.70. The highest BCUT2D eigenvalue weighted by Crippen LogP contribution is 2.34. The molecule has 0 saturated carbocycles. The lowest BCUT2D eigenvalue weighted by molar-refractivity contribution is 0.413. The summed E-state index contributed by atoms with van der Waals surface area (Å²) in [6, 6.07) is 12.0. The zero-order valence-corrected chi connectivity index (χ0v) is 13.1. The number of rotatable bonds is 3. The monoisotopic (exact) mass is 289 g/mol. The summed E-state index contributed by atoms with van der Waals surface area (Å²) in [5.41, 5.74) is 10.5. The highest BCUT2D eigenvalue weighted by Gasteiger charge is 2.26. The molecular weight excluding hydrogens is 270 g/mol. The van der Waals surface area contributed by atoms with E-state index in [1.165, 1.54) is 11.1 Å². The lowest BCUT2D eigenvalue weighted by Crippen LogP contribution is -2.35. The second-order valence-corrected chi connectivity index (χ2v) is 5.78. The van der Waals surface area contributed by atoms with Gasteiger partial charge in [0.2, 0.25) is 0 Å². The van der Waals surface area contributed by atoms with Crippen molar-refractivity contribution in [1.29, 1.82) is 0 Å². The van der Waals surface area contributed by atoms with Crippen molar-refractivity contribution < 1.29 is 4.74 Å². The molecule has 2 N–H and O–H groups in total. The van der Waals surface area contributed by atoms with E-state index in [1.54, 1.807) is 7.11 Å². The van der Waals surface area contributed by atoms with Crippen LogP contribution in [0, 0.1) is 13.8 Å². The number of hydrogen-bond acceptors (Lipinski definition) is 2. The Labute approximate surface area is 125 Å². The van der Waals surface area contributed by atoms with Crippen LogP contribution in [0.2, 0.25) is 5.02 Å². The Morgan fingerprint density at radius 1 is 1.10 bits per heavy atom. The van der Waals surface area contributed by atoms with Crippen LogP contribution in [0.15, 0.2) is 36.4 Å². The molecule has 2 nitrogen and oxygen atoms in total. The van der Waals surface area contributed by atoms with Crippen molar-refractivity contribution in [2.45, 2.75) is 26.3 Å². The molecule has 0 aliphatic heterocycles. The largest absolute Gasteiger partial charge is 0.495 e. The van der Waals surface area contributed by atoms with Gasteiger partial charge in [0.05, 0.1) is 17.7 Å². The smallest absolute Gasteiger partial charge is 0.137 e. The minimum atomic E-state index is -0.589. The molecule has 0 spiro atoms. The molecule has 0 radical (unpaired) electrons. The maximum Gasteiger partial charge on any atom is 0.137 e. The fourth-order valence-electron chi connectivity index (χ4n) is 2.43. The van der Waals surface area contributed by atoms with Gasteiger partial charge in [-0.25, -0.2) is 0 Å². The molecule has 1 unspecified atom stereocenters. The molecule has 0 aliphatic rings. The Hall–Kier alpha value is -1.51. The number of halogens is 1. The molecule has 20 heavy (non-hydrogen) atoms. The van der Waals surface area contributed by atoms with Gasteiger partial charge in [0.1, 0.15) is 5.75 Å². The number of aryl methyl sites for hydroxylation is 2. The molecule has 2 rings (SSSR count). The van der Waals surface area contributed by atoms with E-state index in [0.717, 1.165) is 11.1 Å². The Bertz CT molecular complexity index is 635. The number of methoxy groups -OCH3 is 1. The SMILES string of the molecule is COc1cc(C(C)(N)c2cc(C)ccc2C)ccc1Cl. The average Bonchev–Trinajstić information content (AvgIpc) is 2.41. The maximum absolute atomic E-state index is 6.60. The van der Waals surface area contributed by atoms with Gasteiger partial charge in [-0.2, -0.15) is 0 Å². The van der Waals surface area contributed by atoms with Crippen LogP contribution >= 0.6 is 11.6 Å². The number of benzene rings is 2. The molecule has 0 bridgehead atoms. The summed E-state index contributed by atoms with van der Waals surface area (Å²) in [6.07, 6.45) is 0. The summed E-state index contributed by atoms with van der Waals surface area (Å²) in [7, 11) is 1.61. The predicted molar refractivity (Wildman–Crippen MR) is 84.6 cm³/mol. The first-order valence-electron chi connectivity index (χ1n) is 6.57. The van der Waals surface area contributed by atoms with Crippen molar-refractivity contribution in [1.82, 2.24) is 0 Å². The van der Waals surface area contributed by atoms with Gasteiger partial charge in [-0.3, -0.25) is 0 Å². The fourth-order valence-corrected chi connectivity index (χ4v) is 2.63. The van der Waals surface area contributed by atoms with Crippen molar-refractivity contribution in [2.75, 3.05) is 7.11 Å². The van der Waals surface area contributed by atoms with E-state index >= 15 is 0 Å². The van der Waals surface area contributed by atoms with Crippen LogP contribution in [-0.2, 0) is 5.54 Å². The summed E-state index contributed by atoms with van der Waals surface area (Å²) < 4.78 is 5.28. The van der Waals surface area contributed by atoms with E-state index in [9.17, 15) is 0 Å². The molecule has 0 amide bonds. The highest BCUT2D eigenvalue weighted by molar-refractivity contribution is 6.32. The van der Waals surface area contributed by atoms with Gasteiger partial charge < -0.3 is 10.5 Å². The second-order valence-electron chi connectivity index (χ2n) is 5.37. The molecule has 106 valence electrons. The normalized spacial score (nSPS) is 13.9. The minimum Gasteiger partial charge on any atom is -0.495 e. The predicted octanol–water partition coefficient (Wildman–Crippen LogP) is 4.19. The van der Waals surface area contributed by atoms with Gasteiger partial charge in [-0.1, -0.05) is 41.4 Å². The van der Waals surface area contributed by atoms with Gasteiger partial charge in [0.15, 0.2) is 0 Å². The quantitative estimate of drug-likeness (QED) is 0.919. The highest BCUT2D eigenvalue weighted by atomic mass is 35.5. The molecule has 0 heterocycles. The summed E-state index contributed by atoms with van der Waals surface area (Å²) in [6.45, 7) is 6.16. The Balaban J connectivity index is 2.56. The molecule has 0 saturated heterocycles. The Kier molecular flexibility index (Phi) is 4.07. The molecular formula is C17H20ClNO. The van der Waals surface area contributed by atoms with E-state index in [0.29, 0.717) is 10.8 Å². The lowest BCUT2D eigenvalue weighted by Gasteiger charge is -2.28.